The number of carbonyl (C=O) groups excluding carboxylic acids is 1. The van der Waals surface area contributed by atoms with Crippen LogP contribution in [0.25, 0.3) is 10.9 Å². The molecular formula is C26H22FN5O2. The number of rotatable bonds is 6. The number of allylic oxidation sites excluding steroid dienone is 1. The highest BCUT2D eigenvalue weighted by Gasteiger charge is 2.29. The van der Waals surface area contributed by atoms with E-state index in [0.717, 1.165) is 10.9 Å². The summed E-state index contributed by atoms with van der Waals surface area (Å²) in [7, 11) is 0. The van der Waals surface area contributed by atoms with Gasteiger partial charge in [0.05, 0.1) is 17.3 Å². The maximum absolute atomic E-state index is 13.6. The summed E-state index contributed by atoms with van der Waals surface area (Å²) in [5, 5.41) is 13.9. The lowest BCUT2D eigenvalue weighted by molar-refractivity contribution is -0.113. The zero-order valence-corrected chi connectivity index (χ0v) is 18.4. The molecule has 7 nitrogen and oxygen atoms in total. The molecule has 3 N–H and O–H groups in total. The van der Waals surface area contributed by atoms with E-state index in [4.69, 9.17) is 9.73 Å². The molecule has 1 amide bonds. The van der Waals surface area contributed by atoms with Crippen LogP contribution in [-0.2, 0) is 4.79 Å². The fourth-order valence-corrected chi connectivity index (χ4v) is 3.88. The van der Waals surface area contributed by atoms with Gasteiger partial charge in [-0.15, -0.1) is 0 Å². The molecule has 34 heavy (non-hydrogen) atoms. The van der Waals surface area contributed by atoms with Gasteiger partial charge in [-0.25, -0.2) is 4.39 Å². The predicted molar refractivity (Wildman–Crippen MR) is 129 cm³/mol. The number of halogens is 1. The number of H-pyrrole nitrogens is 1. The topological polar surface area (TPSA) is 91.4 Å². The Morgan fingerprint density at radius 3 is 2.68 bits per heavy atom. The summed E-state index contributed by atoms with van der Waals surface area (Å²) >= 11 is 0. The molecule has 0 bridgehead atoms. The van der Waals surface area contributed by atoms with Gasteiger partial charge < -0.3 is 15.4 Å². The molecule has 1 aliphatic heterocycles. The molecule has 0 saturated carbocycles. The Hall–Kier alpha value is -4.46. The number of nitrogens with zero attached hydrogens (tertiary/aromatic N) is 2. The van der Waals surface area contributed by atoms with Crippen LogP contribution in [0.5, 0.6) is 5.75 Å². The van der Waals surface area contributed by atoms with Gasteiger partial charge in [0.25, 0.3) is 5.91 Å². The highest BCUT2D eigenvalue weighted by atomic mass is 19.1. The zero-order chi connectivity index (χ0) is 23.5. The third-order valence-corrected chi connectivity index (χ3v) is 5.54. The monoisotopic (exact) mass is 455 g/mol. The van der Waals surface area contributed by atoms with E-state index >= 15 is 0 Å². The molecule has 170 valence electrons. The summed E-state index contributed by atoms with van der Waals surface area (Å²) in [4.78, 5) is 18.1. The van der Waals surface area contributed by atoms with Crippen LogP contribution < -0.4 is 15.4 Å². The number of hydrogen-bond acceptors (Lipinski definition) is 5. The molecule has 1 unspecified atom stereocenters. The van der Waals surface area contributed by atoms with E-state index in [2.05, 4.69) is 20.8 Å². The second-order valence-corrected chi connectivity index (χ2v) is 7.92. The van der Waals surface area contributed by atoms with Crippen LogP contribution in [-0.4, -0.2) is 28.5 Å². The van der Waals surface area contributed by atoms with E-state index < -0.39 is 6.04 Å². The minimum atomic E-state index is -0.617. The molecule has 4 aromatic rings. The Kier molecular flexibility index (Phi) is 5.78. The average molecular weight is 455 g/mol. The van der Waals surface area contributed by atoms with E-state index in [1.807, 2.05) is 49.4 Å². The quantitative estimate of drug-likeness (QED) is 0.392. The van der Waals surface area contributed by atoms with Gasteiger partial charge in [-0.3, -0.25) is 14.9 Å². The Balaban J connectivity index is 1.42. The lowest BCUT2D eigenvalue weighted by Crippen LogP contribution is -2.36. The lowest BCUT2D eigenvalue weighted by Gasteiger charge is -2.27. The minimum absolute atomic E-state index is 0.200. The summed E-state index contributed by atoms with van der Waals surface area (Å²) in [6, 6.07) is 20.3. The van der Waals surface area contributed by atoms with Crippen molar-refractivity contribution in [2.24, 2.45) is 4.99 Å². The van der Waals surface area contributed by atoms with Crippen molar-refractivity contribution in [2.75, 3.05) is 11.9 Å². The maximum atomic E-state index is 13.6. The largest absolute Gasteiger partial charge is 0.486 e. The van der Waals surface area contributed by atoms with Gasteiger partial charge in [0, 0.05) is 16.8 Å². The number of ether oxygens (including phenoxy) is 1. The SMILES string of the molecule is CC1=C(C(=O)Nc2ccc3[nH]ncc3c2)C(c2ccc(F)cc2)N=C(COc2ccccc2)N1. The molecule has 1 aromatic heterocycles. The second kappa shape index (κ2) is 9.19. The molecule has 3 aromatic carbocycles. The van der Waals surface area contributed by atoms with Crippen molar-refractivity contribution < 1.29 is 13.9 Å². The number of carbonyl (C=O) groups is 1. The first-order chi connectivity index (χ1) is 16.6. The van der Waals surface area contributed by atoms with E-state index in [-0.39, 0.29) is 18.3 Å². The third kappa shape index (κ3) is 4.52. The van der Waals surface area contributed by atoms with Gasteiger partial charge in [-0.05, 0) is 55.0 Å². The molecule has 1 aliphatic rings. The Labute approximate surface area is 195 Å². The average Bonchev–Trinajstić information content (AvgIpc) is 3.31. The van der Waals surface area contributed by atoms with Crippen LogP contribution in [0.3, 0.4) is 0 Å². The van der Waals surface area contributed by atoms with E-state index in [1.165, 1.54) is 12.1 Å². The summed E-state index contributed by atoms with van der Waals surface area (Å²) in [6.45, 7) is 2.02. The standard InChI is InChI=1S/C26H22FN5O2/c1-16-24(26(33)30-20-11-12-22-18(13-20)14-28-32-22)25(17-7-9-19(27)10-8-17)31-23(29-16)15-34-21-5-3-2-4-6-21/h2-14,25H,15H2,1H3,(H,28,32)(H,29,31)(H,30,33). The van der Waals surface area contributed by atoms with E-state index in [9.17, 15) is 9.18 Å². The molecule has 5 rings (SSSR count). The number of amidine groups is 1. The molecule has 1 atom stereocenters. The Morgan fingerprint density at radius 2 is 1.88 bits per heavy atom. The van der Waals surface area contributed by atoms with Gasteiger partial charge in [0.2, 0.25) is 0 Å². The first-order valence-electron chi connectivity index (χ1n) is 10.8. The summed E-state index contributed by atoms with van der Waals surface area (Å²) in [5.41, 5.74) is 3.32. The smallest absolute Gasteiger partial charge is 0.255 e. The highest BCUT2D eigenvalue weighted by molar-refractivity contribution is 6.07. The van der Waals surface area contributed by atoms with Crippen LogP contribution in [0.15, 0.2) is 95.3 Å². The summed E-state index contributed by atoms with van der Waals surface area (Å²) in [6.07, 6.45) is 1.70. The number of hydrogen-bond donors (Lipinski definition) is 3. The molecule has 8 heteroatoms. The zero-order valence-electron chi connectivity index (χ0n) is 18.4. The fraction of sp³-hybridized carbons (Fsp3) is 0.115. The van der Waals surface area contributed by atoms with Crippen molar-refractivity contribution in [2.45, 2.75) is 13.0 Å². The van der Waals surface area contributed by atoms with Crippen LogP contribution >= 0.6 is 0 Å². The fourth-order valence-electron chi connectivity index (χ4n) is 3.88. The summed E-state index contributed by atoms with van der Waals surface area (Å²) in [5.74, 6) is 0.639. The molecule has 0 radical (unpaired) electrons. The number of aromatic amines is 1. The summed E-state index contributed by atoms with van der Waals surface area (Å²) < 4.78 is 19.4. The highest BCUT2D eigenvalue weighted by Crippen LogP contribution is 2.32. The molecule has 0 spiro atoms. The number of fused-ring (bicyclic) bond motifs is 1. The first-order valence-corrected chi connectivity index (χ1v) is 10.8. The van der Waals surface area contributed by atoms with Crippen molar-refractivity contribution in [3.8, 4) is 5.75 Å². The van der Waals surface area contributed by atoms with Gasteiger partial charge in [-0.2, -0.15) is 5.10 Å². The Bertz CT molecular complexity index is 1390. The molecular weight excluding hydrogens is 433 g/mol. The van der Waals surface area contributed by atoms with Crippen molar-refractivity contribution in [1.29, 1.82) is 0 Å². The molecule has 0 fully saturated rings. The van der Waals surface area contributed by atoms with Crippen molar-refractivity contribution >= 4 is 28.3 Å². The minimum Gasteiger partial charge on any atom is -0.486 e. The van der Waals surface area contributed by atoms with Crippen molar-refractivity contribution in [1.82, 2.24) is 15.5 Å². The molecule has 0 aliphatic carbocycles. The van der Waals surface area contributed by atoms with Crippen LogP contribution in [0.4, 0.5) is 10.1 Å². The van der Waals surface area contributed by atoms with E-state index in [0.29, 0.717) is 34.1 Å². The first kappa shape index (κ1) is 21.4. The second-order valence-electron chi connectivity index (χ2n) is 7.92. The van der Waals surface area contributed by atoms with E-state index in [1.54, 1.807) is 24.4 Å². The van der Waals surface area contributed by atoms with Gasteiger partial charge in [0.15, 0.2) is 0 Å². The van der Waals surface area contributed by atoms with Crippen molar-refractivity contribution in [3.05, 3.63) is 102 Å². The van der Waals surface area contributed by atoms with Crippen LogP contribution in [0, 0.1) is 5.82 Å². The van der Waals surface area contributed by atoms with Gasteiger partial charge in [-0.1, -0.05) is 30.3 Å². The number of benzene rings is 3. The number of amides is 1. The molecule has 0 saturated heterocycles. The normalized spacial score (nSPS) is 15.6. The van der Waals surface area contributed by atoms with Gasteiger partial charge >= 0.3 is 0 Å². The van der Waals surface area contributed by atoms with Crippen LogP contribution in [0.1, 0.15) is 18.5 Å². The maximum Gasteiger partial charge on any atom is 0.255 e. The lowest BCUT2D eigenvalue weighted by atomic mass is 9.95. The number of para-hydroxylation sites is 1. The number of aromatic nitrogens is 2. The number of nitrogens with one attached hydrogen (secondary N) is 3. The number of aliphatic imine (C=N–C) groups is 1. The predicted octanol–water partition coefficient (Wildman–Crippen LogP) is 4.74. The third-order valence-electron chi connectivity index (χ3n) is 5.54. The molecule has 2 heterocycles. The Morgan fingerprint density at radius 1 is 1.09 bits per heavy atom. The van der Waals surface area contributed by atoms with Crippen molar-refractivity contribution in [3.63, 3.8) is 0 Å². The number of anilines is 1. The van der Waals surface area contributed by atoms with Gasteiger partial charge in [0.1, 0.15) is 30.1 Å². The van der Waals surface area contributed by atoms with Crippen LogP contribution in [0.2, 0.25) is 0 Å².